The number of likely N-dealkylation sites (tertiary alicyclic amines) is 1. The van der Waals surface area contributed by atoms with Crippen molar-refractivity contribution in [3.05, 3.63) is 21.3 Å². The molecule has 1 fully saturated rings. The standard InChI is InChI=1S/C15H25ClN4S/c1-3-20-10-4-5-12(20)11-19-15(17-2)18-9-8-13-6-7-14(16)21-13/h6-7,12H,3-5,8-11H2,1-2H3,(H2,17,18,19). The number of halogens is 1. The zero-order valence-electron chi connectivity index (χ0n) is 12.9. The van der Waals surface area contributed by atoms with Crippen LogP contribution in [-0.4, -0.2) is 50.1 Å². The maximum Gasteiger partial charge on any atom is 0.191 e. The highest BCUT2D eigenvalue weighted by Gasteiger charge is 2.22. The number of rotatable bonds is 6. The summed E-state index contributed by atoms with van der Waals surface area (Å²) in [7, 11) is 1.82. The van der Waals surface area contributed by atoms with Crippen LogP contribution in [0.1, 0.15) is 24.6 Å². The van der Waals surface area contributed by atoms with Crippen LogP contribution in [0.15, 0.2) is 17.1 Å². The van der Waals surface area contributed by atoms with Crippen LogP contribution in [0.5, 0.6) is 0 Å². The van der Waals surface area contributed by atoms with Crippen molar-refractivity contribution in [2.75, 3.05) is 33.2 Å². The number of likely N-dealkylation sites (N-methyl/N-ethyl adjacent to an activating group) is 1. The normalized spacial score (nSPS) is 20.0. The average molecular weight is 329 g/mol. The van der Waals surface area contributed by atoms with Gasteiger partial charge in [0.15, 0.2) is 5.96 Å². The van der Waals surface area contributed by atoms with E-state index in [0.717, 1.165) is 36.4 Å². The van der Waals surface area contributed by atoms with Gasteiger partial charge in [-0.2, -0.15) is 0 Å². The van der Waals surface area contributed by atoms with Gasteiger partial charge in [-0.25, -0.2) is 0 Å². The SMILES string of the molecule is CCN1CCCC1CNC(=NC)NCCc1ccc(Cl)s1. The molecule has 1 saturated heterocycles. The van der Waals surface area contributed by atoms with E-state index in [0.29, 0.717) is 6.04 Å². The van der Waals surface area contributed by atoms with Gasteiger partial charge in [-0.1, -0.05) is 18.5 Å². The lowest BCUT2D eigenvalue weighted by atomic mass is 10.2. The lowest BCUT2D eigenvalue weighted by molar-refractivity contribution is 0.267. The molecular weight excluding hydrogens is 304 g/mol. The van der Waals surface area contributed by atoms with Crippen molar-refractivity contribution in [2.45, 2.75) is 32.2 Å². The van der Waals surface area contributed by atoms with E-state index in [1.165, 1.54) is 24.3 Å². The smallest absolute Gasteiger partial charge is 0.191 e. The molecule has 6 heteroatoms. The molecule has 0 amide bonds. The fourth-order valence-electron chi connectivity index (χ4n) is 2.77. The topological polar surface area (TPSA) is 39.7 Å². The Balaban J connectivity index is 1.68. The summed E-state index contributed by atoms with van der Waals surface area (Å²) in [4.78, 5) is 8.13. The van der Waals surface area contributed by atoms with Crippen LogP contribution >= 0.6 is 22.9 Å². The number of nitrogens with one attached hydrogen (secondary N) is 2. The fourth-order valence-corrected chi connectivity index (χ4v) is 3.85. The van der Waals surface area contributed by atoms with Gasteiger partial charge in [0.2, 0.25) is 0 Å². The molecular formula is C15H25ClN4S. The monoisotopic (exact) mass is 328 g/mol. The Hall–Kier alpha value is -0.780. The lowest BCUT2D eigenvalue weighted by Crippen LogP contribution is -2.45. The second kappa shape index (κ2) is 8.61. The van der Waals surface area contributed by atoms with E-state index < -0.39 is 0 Å². The maximum atomic E-state index is 5.94. The molecule has 1 aromatic rings. The third-order valence-electron chi connectivity index (χ3n) is 3.93. The van der Waals surface area contributed by atoms with E-state index in [4.69, 9.17) is 11.6 Å². The van der Waals surface area contributed by atoms with E-state index in [2.05, 4.69) is 33.5 Å². The minimum Gasteiger partial charge on any atom is -0.356 e. The van der Waals surface area contributed by atoms with Crippen molar-refractivity contribution < 1.29 is 0 Å². The molecule has 0 aliphatic carbocycles. The quantitative estimate of drug-likeness (QED) is 0.623. The molecule has 21 heavy (non-hydrogen) atoms. The predicted molar refractivity (Wildman–Crippen MR) is 92.7 cm³/mol. The van der Waals surface area contributed by atoms with Crippen LogP contribution in [0.2, 0.25) is 4.34 Å². The van der Waals surface area contributed by atoms with Gasteiger partial charge in [0.05, 0.1) is 4.34 Å². The van der Waals surface area contributed by atoms with Gasteiger partial charge >= 0.3 is 0 Å². The molecule has 0 bridgehead atoms. The van der Waals surface area contributed by atoms with Crippen LogP contribution in [0.4, 0.5) is 0 Å². The van der Waals surface area contributed by atoms with Gasteiger partial charge in [-0.15, -0.1) is 11.3 Å². The number of thiophene rings is 1. The second-order valence-corrected chi connectivity index (χ2v) is 7.06. The first kappa shape index (κ1) is 16.6. The molecule has 0 saturated carbocycles. The fraction of sp³-hybridized carbons (Fsp3) is 0.667. The van der Waals surface area contributed by atoms with Gasteiger partial charge < -0.3 is 10.6 Å². The molecule has 1 aliphatic rings. The summed E-state index contributed by atoms with van der Waals surface area (Å²) in [5.74, 6) is 0.889. The highest BCUT2D eigenvalue weighted by atomic mass is 35.5. The first-order chi connectivity index (χ1) is 10.2. The molecule has 1 aromatic heterocycles. The highest BCUT2D eigenvalue weighted by Crippen LogP contribution is 2.21. The van der Waals surface area contributed by atoms with Crippen LogP contribution in [0.25, 0.3) is 0 Å². The Kier molecular flexibility index (Phi) is 6.80. The Bertz CT molecular complexity index is 460. The predicted octanol–water partition coefficient (Wildman–Crippen LogP) is 2.59. The Labute approximate surface area is 136 Å². The number of nitrogens with zero attached hydrogens (tertiary/aromatic N) is 2. The first-order valence-electron chi connectivity index (χ1n) is 7.65. The minimum atomic E-state index is 0.643. The largest absolute Gasteiger partial charge is 0.356 e. The third kappa shape index (κ3) is 5.16. The summed E-state index contributed by atoms with van der Waals surface area (Å²) in [5.41, 5.74) is 0. The zero-order valence-corrected chi connectivity index (χ0v) is 14.4. The minimum absolute atomic E-state index is 0.643. The summed E-state index contributed by atoms with van der Waals surface area (Å²) in [5, 5.41) is 6.81. The molecule has 2 rings (SSSR count). The van der Waals surface area contributed by atoms with Crippen LogP contribution < -0.4 is 10.6 Å². The van der Waals surface area contributed by atoms with E-state index in [1.807, 2.05) is 13.1 Å². The first-order valence-corrected chi connectivity index (χ1v) is 8.85. The van der Waals surface area contributed by atoms with E-state index in [1.54, 1.807) is 11.3 Å². The Morgan fingerprint density at radius 2 is 2.33 bits per heavy atom. The molecule has 2 N–H and O–H groups in total. The van der Waals surface area contributed by atoms with E-state index in [-0.39, 0.29) is 0 Å². The maximum absolute atomic E-state index is 5.94. The molecule has 118 valence electrons. The molecule has 1 unspecified atom stereocenters. The molecule has 0 aromatic carbocycles. The van der Waals surface area contributed by atoms with Crippen LogP contribution in [0, 0.1) is 0 Å². The summed E-state index contributed by atoms with van der Waals surface area (Å²) < 4.78 is 0.855. The van der Waals surface area contributed by atoms with Gasteiger partial charge in [0, 0.05) is 31.1 Å². The number of aliphatic imine (C=N–C) groups is 1. The van der Waals surface area contributed by atoms with Crippen molar-refractivity contribution in [2.24, 2.45) is 4.99 Å². The molecule has 2 heterocycles. The van der Waals surface area contributed by atoms with Gasteiger partial charge in [-0.05, 0) is 44.5 Å². The Morgan fingerprint density at radius 3 is 3.00 bits per heavy atom. The van der Waals surface area contributed by atoms with Crippen LogP contribution in [-0.2, 0) is 6.42 Å². The Morgan fingerprint density at radius 1 is 1.48 bits per heavy atom. The highest BCUT2D eigenvalue weighted by molar-refractivity contribution is 7.16. The summed E-state index contributed by atoms with van der Waals surface area (Å²) in [6.07, 6.45) is 3.57. The van der Waals surface area contributed by atoms with E-state index >= 15 is 0 Å². The molecule has 4 nitrogen and oxygen atoms in total. The van der Waals surface area contributed by atoms with Gasteiger partial charge in [-0.3, -0.25) is 9.89 Å². The molecule has 1 atom stereocenters. The number of hydrogen-bond donors (Lipinski definition) is 2. The summed E-state index contributed by atoms with van der Waals surface area (Å²) >= 11 is 7.58. The van der Waals surface area contributed by atoms with Crippen molar-refractivity contribution in [3.63, 3.8) is 0 Å². The van der Waals surface area contributed by atoms with Gasteiger partial charge in [0.25, 0.3) is 0 Å². The van der Waals surface area contributed by atoms with Gasteiger partial charge in [0.1, 0.15) is 0 Å². The molecule has 1 aliphatic heterocycles. The third-order valence-corrected chi connectivity index (χ3v) is 5.22. The molecule has 0 spiro atoms. The summed E-state index contributed by atoms with van der Waals surface area (Å²) in [6, 6.07) is 4.68. The van der Waals surface area contributed by atoms with E-state index in [9.17, 15) is 0 Å². The van der Waals surface area contributed by atoms with Crippen molar-refractivity contribution in [1.29, 1.82) is 0 Å². The van der Waals surface area contributed by atoms with Crippen molar-refractivity contribution in [3.8, 4) is 0 Å². The second-order valence-electron chi connectivity index (χ2n) is 5.26. The molecule has 0 radical (unpaired) electrons. The average Bonchev–Trinajstić information content (AvgIpc) is 3.11. The number of guanidine groups is 1. The van der Waals surface area contributed by atoms with Crippen molar-refractivity contribution in [1.82, 2.24) is 15.5 Å². The zero-order chi connectivity index (χ0) is 15.1. The van der Waals surface area contributed by atoms with Crippen LogP contribution in [0.3, 0.4) is 0 Å². The lowest BCUT2D eigenvalue weighted by Gasteiger charge is -2.23. The van der Waals surface area contributed by atoms with Crippen molar-refractivity contribution >= 4 is 28.9 Å². The summed E-state index contributed by atoms with van der Waals surface area (Å²) in [6.45, 7) is 6.44. The number of hydrogen-bond acceptors (Lipinski definition) is 3.